The zero-order chi connectivity index (χ0) is 23.8. The predicted molar refractivity (Wildman–Crippen MR) is 132 cm³/mol. The second-order valence-electron chi connectivity index (χ2n) is 7.60. The average molecular weight is 449 g/mol. The Balaban J connectivity index is 1.62. The summed E-state index contributed by atoms with van der Waals surface area (Å²) < 4.78 is 7.00. The molecule has 1 N–H and O–H groups in total. The van der Waals surface area contributed by atoms with Crippen LogP contribution in [0.3, 0.4) is 0 Å². The Morgan fingerprint density at radius 2 is 1.71 bits per heavy atom. The van der Waals surface area contributed by atoms with Crippen LogP contribution in [-0.4, -0.2) is 29.3 Å². The number of hydrogen-bond donors (Lipinski definition) is 1. The molecule has 3 aromatic carbocycles. The standard InChI is InChI=1S/C28H24N4O2/c1-34-26-14-12-22(13-15-26)27-24(20-32(31-27)25-10-6-3-7-11-25)18-23(19-29)28(33)30-17-16-21-8-4-2-5-9-21/h2-15,18,20H,16-17H2,1H3,(H,30,33)/b23-18+. The number of ether oxygens (including phenoxy) is 1. The van der Waals surface area contributed by atoms with Gasteiger partial charge in [0.15, 0.2) is 0 Å². The van der Waals surface area contributed by atoms with E-state index in [0.717, 1.165) is 22.6 Å². The van der Waals surface area contributed by atoms with E-state index in [1.165, 1.54) is 0 Å². The topological polar surface area (TPSA) is 79.9 Å². The van der Waals surface area contributed by atoms with Crippen molar-refractivity contribution in [3.63, 3.8) is 0 Å². The lowest BCUT2D eigenvalue weighted by Crippen LogP contribution is -2.26. The Morgan fingerprint density at radius 1 is 1.03 bits per heavy atom. The number of hydrogen-bond acceptors (Lipinski definition) is 4. The first kappa shape index (κ1) is 22.6. The first-order chi connectivity index (χ1) is 16.7. The molecule has 4 rings (SSSR count). The van der Waals surface area contributed by atoms with Crippen molar-refractivity contribution in [2.75, 3.05) is 13.7 Å². The molecule has 0 aliphatic heterocycles. The zero-order valence-electron chi connectivity index (χ0n) is 18.8. The molecule has 0 aliphatic rings. The molecule has 0 saturated carbocycles. The number of aromatic nitrogens is 2. The van der Waals surface area contributed by atoms with E-state index >= 15 is 0 Å². The van der Waals surface area contributed by atoms with E-state index < -0.39 is 5.91 Å². The molecule has 1 amide bonds. The van der Waals surface area contributed by atoms with Crippen LogP contribution < -0.4 is 10.1 Å². The molecule has 34 heavy (non-hydrogen) atoms. The van der Waals surface area contributed by atoms with Gasteiger partial charge < -0.3 is 10.1 Å². The van der Waals surface area contributed by atoms with Crippen molar-refractivity contribution in [2.24, 2.45) is 0 Å². The predicted octanol–water partition coefficient (Wildman–Crippen LogP) is 4.81. The molecule has 0 bridgehead atoms. The van der Waals surface area contributed by atoms with Crippen LogP contribution >= 0.6 is 0 Å². The summed E-state index contributed by atoms with van der Waals surface area (Å²) in [5.41, 5.74) is 4.21. The number of carbonyl (C=O) groups is 1. The molecule has 1 heterocycles. The maximum absolute atomic E-state index is 12.7. The Kier molecular flexibility index (Phi) is 7.16. The number of nitriles is 1. The van der Waals surface area contributed by atoms with Gasteiger partial charge in [-0.2, -0.15) is 10.4 Å². The summed E-state index contributed by atoms with van der Waals surface area (Å²) in [6, 6.07) is 29.1. The van der Waals surface area contributed by atoms with Crippen LogP contribution in [0.25, 0.3) is 23.0 Å². The SMILES string of the molecule is COc1ccc(-c2nn(-c3ccccc3)cc2/C=C(\C#N)C(=O)NCCc2ccccc2)cc1. The quantitative estimate of drug-likeness (QED) is 0.310. The first-order valence-corrected chi connectivity index (χ1v) is 10.9. The summed E-state index contributed by atoms with van der Waals surface area (Å²) in [5, 5.41) is 17.3. The highest BCUT2D eigenvalue weighted by atomic mass is 16.5. The van der Waals surface area contributed by atoms with Gasteiger partial charge in [-0.25, -0.2) is 4.68 Å². The van der Waals surface area contributed by atoms with Crippen molar-refractivity contribution in [3.8, 4) is 28.8 Å². The minimum absolute atomic E-state index is 0.0236. The summed E-state index contributed by atoms with van der Waals surface area (Å²) >= 11 is 0. The summed E-state index contributed by atoms with van der Waals surface area (Å²) in [4.78, 5) is 12.7. The Hall–Kier alpha value is -4.63. The second kappa shape index (κ2) is 10.8. The van der Waals surface area contributed by atoms with Crippen molar-refractivity contribution in [3.05, 3.63) is 108 Å². The molecule has 4 aromatic rings. The van der Waals surface area contributed by atoms with E-state index in [4.69, 9.17) is 9.84 Å². The molecule has 0 saturated heterocycles. The molecule has 0 spiro atoms. The van der Waals surface area contributed by atoms with Gasteiger partial charge in [-0.3, -0.25) is 4.79 Å². The lowest BCUT2D eigenvalue weighted by atomic mass is 10.1. The third-order valence-corrected chi connectivity index (χ3v) is 5.33. The largest absolute Gasteiger partial charge is 0.497 e. The highest BCUT2D eigenvalue weighted by molar-refractivity contribution is 6.02. The van der Waals surface area contributed by atoms with Gasteiger partial charge >= 0.3 is 0 Å². The minimum Gasteiger partial charge on any atom is -0.497 e. The van der Waals surface area contributed by atoms with Crippen molar-refractivity contribution in [1.82, 2.24) is 15.1 Å². The molecular weight excluding hydrogens is 424 g/mol. The van der Waals surface area contributed by atoms with Crippen LogP contribution in [0.1, 0.15) is 11.1 Å². The third-order valence-electron chi connectivity index (χ3n) is 5.33. The molecule has 0 atom stereocenters. The van der Waals surface area contributed by atoms with Crippen LogP contribution in [0.15, 0.2) is 96.7 Å². The van der Waals surface area contributed by atoms with Crippen LogP contribution in [0.4, 0.5) is 0 Å². The van der Waals surface area contributed by atoms with E-state index in [1.807, 2.05) is 97.2 Å². The molecular formula is C28H24N4O2. The number of methoxy groups -OCH3 is 1. The van der Waals surface area contributed by atoms with E-state index in [1.54, 1.807) is 17.9 Å². The van der Waals surface area contributed by atoms with Gasteiger partial charge in [-0.05, 0) is 54.5 Å². The zero-order valence-corrected chi connectivity index (χ0v) is 18.8. The fraction of sp³-hybridized carbons (Fsp3) is 0.107. The number of benzene rings is 3. The number of nitrogens with one attached hydrogen (secondary N) is 1. The lowest BCUT2D eigenvalue weighted by molar-refractivity contribution is -0.117. The molecule has 0 aliphatic carbocycles. The first-order valence-electron chi connectivity index (χ1n) is 10.9. The number of carbonyl (C=O) groups excluding carboxylic acids is 1. The van der Waals surface area contributed by atoms with Gasteiger partial charge in [-0.1, -0.05) is 48.5 Å². The van der Waals surface area contributed by atoms with E-state index in [0.29, 0.717) is 24.2 Å². The lowest BCUT2D eigenvalue weighted by Gasteiger charge is -2.05. The van der Waals surface area contributed by atoms with Gasteiger partial charge in [0.1, 0.15) is 17.4 Å². The van der Waals surface area contributed by atoms with Crippen molar-refractivity contribution >= 4 is 12.0 Å². The fourth-order valence-electron chi connectivity index (χ4n) is 3.54. The molecule has 1 aromatic heterocycles. The summed E-state index contributed by atoms with van der Waals surface area (Å²) in [6.45, 7) is 0.441. The molecule has 0 unspecified atom stereocenters. The highest BCUT2D eigenvalue weighted by Crippen LogP contribution is 2.27. The second-order valence-corrected chi connectivity index (χ2v) is 7.60. The minimum atomic E-state index is -0.411. The van der Waals surface area contributed by atoms with Gasteiger partial charge in [0.2, 0.25) is 0 Å². The summed E-state index contributed by atoms with van der Waals surface area (Å²) in [5.74, 6) is 0.324. The molecule has 6 nitrogen and oxygen atoms in total. The van der Waals surface area contributed by atoms with Crippen molar-refractivity contribution < 1.29 is 9.53 Å². The highest BCUT2D eigenvalue weighted by Gasteiger charge is 2.15. The van der Waals surface area contributed by atoms with Gasteiger partial charge in [0.25, 0.3) is 5.91 Å². The van der Waals surface area contributed by atoms with Crippen molar-refractivity contribution in [2.45, 2.75) is 6.42 Å². The van der Waals surface area contributed by atoms with E-state index in [-0.39, 0.29) is 5.57 Å². The Morgan fingerprint density at radius 3 is 2.35 bits per heavy atom. The Bertz CT molecular complexity index is 1320. The monoisotopic (exact) mass is 448 g/mol. The van der Waals surface area contributed by atoms with E-state index in [2.05, 4.69) is 5.32 Å². The fourth-order valence-corrected chi connectivity index (χ4v) is 3.54. The van der Waals surface area contributed by atoms with Gasteiger partial charge in [-0.15, -0.1) is 0 Å². The van der Waals surface area contributed by atoms with Crippen LogP contribution in [0.2, 0.25) is 0 Å². The number of para-hydroxylation sites is 1. The Labute approximate surface area is 198 Å². The number of rotatable bonds is 8. The van der Waals surface area contributed by atoms with Crippen molar-refractivity contribution in [1.29, 1.82) is 5.26 Å². The maximum atomic E-state index is 12.7. The molecule has 0 radical (unpaired) electrons. The normalized spacial score (nSPS) is 11.0. The average Bonchev–Trinajstić information content (AvgIpc) is 3.32. The summed E-state index contributed by atoms with van der Waals surface area (Å²) in [7, 11) is 1.61. The number of nitrogens with zero attached hydrogens (tertiary/aromatic N) is 3. The maximum Gasteiger partial charge on any atom is 0.261 e. The van der Waals surface area contributed by atoms with Crippen LogP contribution in [0, 0.1) is 11.3 Å². The van der Waals surface area contributed by atoms with Crippen LogP contribution in [0.5, 0.6) is 5.75 Å². The van der Waals surface area contributed by atoms with Gasteiger partial charge in [0.05, 0.1) is 18.5 Å². The van der Waals surface area contributed by atoms with E-state index in [9.17, 15) is 10.1 Å². The smallest absolute Gasteiger partial charge is 0.261 e. The summed E-state index contributed by atoms with van der Waals surface area (Å²) in [6.07, 6.45) is 4.10. The third kappa shape index (κ3) is 5.40. The number of amides is 1. The molecule has 6 heteroatoms. The van der Waals surface area contributed by atoms with Crippen LogP contribution in [-0.2, 0) is 11.2 Å². The molecule has 168 valence electrons. The van der Waals surface area contributed by atoms with Gasteiger partial charge in [0, 0.05) is 23.9 Å². The molecule has 0 fully saturated rings.